The third kappa shape index (κ3) is 4.93. The molecule has 0 unspecified atom stereocenters. The molecule has 3 aromatic rings. The van der Waals surface area contributed by atoms with Crippen molar-refractivity contribution < 1.29 is 4.79 Å². The molecule has 1 fully saturated rings. The summed E-state index contributed by atoms with van der Waals surface area (Å²) in [5.41, 5.74) is 1.46. The number of likely N-dealkylation sites (N-methyl/N-ethyl adjacent to an activating group) is 1. The number of rotatable bonds is 5. The fraction of sp³-hybridized carbons (Fsp3) is 0.333. The van der Waals surface area contributed by atoms with Gasteiger partial charge in [-0.3, -0.25) is 15.1 Å². The van der Waals surface area contributed by atoms with Crippen LogP contribution in [0.25, 0.3) is 11.5 Å². The van der Waals surface area contributed by atoms with E-state index in [4.69, 9.17) is 0 Å². The maximum absolute atomic E-state index is 12.5. The van der Waals surface area contributed by atoms with Crippen LogP contribution in [-0.2, 0) is 11.2 Å². The van der Waals surface area contributed by atoms with Crippen LogP contribution >= 0.6 is 0 Å². The van der Waals surface area contributed by atoms with Gasteiger partial charge in [-0.15, -0.1) is 0 Å². The van der Waals surface area contributed by atoms with Gasteiger partial charge >= 0.3 is 0 Å². The molecule has 4 rings (SSSR count). The number of pyridine rings is 2. The van der Waals surface area contributed by atoms with Crippen LogP contribution in [0.5, 0.6) is 0 Å². The molecule has 30 heavy (non-hydrogen) atoms. The molecule has 3 aromatic heterocycles. The normalized spacial score (nSPS) is 14.5. The molecule has 1 aliphatic rings. The maximum Gasteiger partial charge on any atom is 0.233 e. The fourth-order valence-corrected chi connectivity index (χ4v) is 3.25. The van der Waals surface area contributed by atoms with Crippen LogP contribution in [0.2, 0.25) is 0 Å². The molecule has 0 bridgehead atoms. The maximum atomic E-state index is 12.5. The molecule has 1 aliphatic heterocycles. The second-order valence-electron chi connectivity index (χ2n) is 7.28. The first kappa shape index (κ1) is 19.8. The molecule has 0 aliphatic carbocycles. The minimum Gasteiger partial charge on any atom is -0.354 e. The van der Waals surface area contributed by atoms with Gasteiger partial charge in [0.1, 0.15) is 17.3 Å². The van der Waals surface area contributed by atoms with Crippen molar-refractivity contribution in [1.82, 2.24) is 29.8 Å². The van der Waals surface area contributed by atoms with Crippen molar-refractivity contribution in [2.75, 3.05) is 43.4 Å². The lowest BCUT2D eigenvalue weighted by Gasteiger charge is -2.33. The van der Waals surface area contributed by atoms with E-state index >= 15 is 0 Å². The van der Waals surface area contributed by atoms with E-state index in [1.807, 2.05) is 30.3 Å². The van der Waals surface area contributed by atoms with Gasteiger partial charge in [-0.05, 0) is 37.7 Å². The molecule has 1 saturated heterocycles. The van der Waals surface area contributed by atoms with Crippen molar-refractivity contribution in [3.8, 4) is 11.5 Å². The van der Waals surface area contributed by atoms with Crippen molar-refractivity contribution >= 4 is 17.7 Å². The first-order chi connectivity index (χ1) is 14.6. The molecule has 0 saturated carbocycles. The summed E-state index contributed by atoms with van der Waals surface area (Å²) in [4.78, 5) is 38.7. The van der Waals surface area contributed by atoms with Crippen molar-refractivity contribution in [3.05, 3.63) is 54.1 Å². The monoisotopic (exact) mass is 404 g/mol. The average molecular weight is 404 g/mol. The quantitative estimate of drug-likeness (QED) is 0.684. The molecule has 4 heterocycles. The summed E-state index contributed by atoms with van der Waals surface area (Å²) >= 11 is 0. The minimum atomic E-state index is -0.207. The summed E-state index contributed by atoms with van der Waals surface area (Å²) in [6.45, 7) is 5.72. The van der Waals surface area contributed by atoms with Crippen LogP contribution in [0.1, 0.15) is 11.4 Å². The Hall–Kier alpha value is -3.46. The second-order valence-corrected chi connectivity index (χ2v) is 7.28. The highest BCUT2D eigenvalue weighted by Gasteiger charge is 2.16. The van der Waals surface area contributed by atoms with E-state index in [1.165, 1.54) is 0 Å². The predicted octanol–water partition coefficient (Wildman–Crippen LogP) is 1.57. The Labute approximate surface area is 175 Å². The lowest BCUT2D eigenvalue weighted by atomic mass is 10.2. The van der Waals surface area contributed by atoms with E-state index in [0.29, 0.717) is 17.3 Å². The van der Waals surface area contributed by atoms with Crippen molar-refractivity contribution in [2.45, 2.75) is 13.3 Å². The van der Waals surface area contributed by atoms with E-state index < -0.39 is 0 Å². The van der Waals surface area contributed by atoms with E-state index in [1.54, 1.807) is 19.3 Å². The van der Waals surface area contributed by atoms with Gasteiger partial charge in [-0.1, -0.05) is 12.1 Å². The van der Waals surface area contributed by atoms with Gasteiger partial charge in [0.25, 0.3) is 0 Å². The summed E-state index contributed by atoms with van der Waals surface area (Å²) in [5, 5.41) is 2.75. The molecule has 1 N–H and O–H groups in total. The third-order valence-corrected chi connectivity index (χ3v) is 4.89. The van der Waals surface area contributed by atoms with Crippen LogP contribution in [0.15, 0.2) is 42.7 Å². The number of carbonyl (C=O) groups excluding carboxylic acids is 1. The molecule has 0 radical (unpaired) electrons. The Balaban J connectivity index is 1.39. The number of aromatic nitrogens is 5. The number of nitrogens with one attached hydrogen (secondary N) is 1. The smallest absolute Gasteiger partial charge is 0.233 e. The minimum absolute atomic E-state index is 0.194. The number of aryl methyl sites for hydroxylation is 1. The summed E-state index contributed by atoms with van der Waals surface area (Å²) < 4.78 is 0. The molecule has 154 valence electrons. The van der Waals surface area contributed by atoms with Gasteiger partial charge in [-0.25, -0.2) is 9.97 Å². The van der Waals surface area contributed by atoms with Crippen LogP contribution in [0, 0.1) is 6.92 Å². The molecular formula is C21H24N8O. The topological polar surface area (TPSA) is 100 Å². The lowest BCUT2D eigenvalue weighted by Crippen LogP contribution is -2.44. The van der Waals surface area contributed by atoms with Gasteiger partial charge in [0.2, 0.25) is 11.9 Å². The van der Waals surface area contributed by atoms with Crippen LogP contribution < -0.4 is 10.2 Å². The fourth-order valence-electron chi connectivity index (χ4n) is 3.25. The second kappa shape index (κ2) is 8.91. The van der Waals surface area contributed by atoms with E-state index in [9.17, 15) is 4.79 Å². The van der Waals surface area contributed by atoms with Crippen LogP contribution in [0.4, 0.5) is 11.8 Å². The summed E-state index contributed by atoms with van der Waals surface area (Å²) in [5.74, 6) is 1.90. The number of hydrogen-bond acceptors (Lipinski definition) is 8. The first-order valence-corrected chi connectivity index (χ1v) is 9.89. The number of anilines is 2. The number of piperazine rings is 1. The molecule has 0 spiro atoms. The summed E-state index contributed by atoms with van der Waals surface area (Å²) in [6, 6.07) is 9.41. The van der Waals surface area contributed by atoms with E-state index in [2.05, 4.69) is 47.1 Å². The molecule has 0 aromatic carbocycles. The Kier molecular flexibility index (Phi) is 5.89. The predicted molar refractivity (Wildman–Crippen MR) is 114 cm³/mol. The van der Waals surface area contributed by atoms with Crippen molar-refractivity contribution in [1.29, 1.82) is 0 Å². The number of carbonyl (C=O) groups is 1. The lowest BCUT2D eigenvalue weighted by molar-refractivity contribution is -0.115. The molecule has 0 atom stereocenters. The SMILES string of the molecule is Cc1nc(NC(=O)Cc2ccc(N3CCN(C)CC3)nc2)nc(-c2ccccn2)n1. The number of hydrogen-bond donors (Lipinski definition) is 1. The highest BCUT2D eigenvalue weighted by atomic mass is 16.1. The number of amides is 1. The van der Waals surface area contributed by atoms with Crippen molar-refractivity contribution in [3.63, 3.8) is 0 Å². The van der Waals surface area contributed by atoms with Crippen molar-refractivity contribution in [2.24, 2.45) is 0 Å². The highest BCUT2D eigenvalue weighted by Crippen LogP contribution is 2.15. The standard InChI is InChI=1S/C21H24N8O/c1-15-24-20(17-5-3-4-8-22-17)27-21(25-15)26-19(30)13-16-6-7-18(23-14-16)29-11-9-28(2)10-12-29/h3-8,14H,9-13H2,1-2H3,(H,24,25,26,27,30). The van der Waals surface area contributed by atoms with Crippen LogP contribution in [-0.4, -0.2) is 69.0 Å². The molecular weight excluding hydrogens is 380 g/mol. The van der Waals surface area contributed by atoms with Gasteiger partial charge in [-0.2, -0.15) is 9.97 Å². The molecule has 1 amide bonds. The molecule has 9 heteroatoms. The first-order valence-electron chi connectivity index (χ1n) is 9.89. The van der Waals surface area contributed by atoms with Gasteiger partial charge in [0.15, 0.2) is 5.82 Å². The number of nitrogens with zero attached hydrogens (tertiary/aromatic N) is 7. The van der Waals surface area contributed by atoms with Gasteiger partial charge < -0.3 is 9.80 Å². The molecule has 9 nitrogen and oxygen atoms in total. The van der Waals surface area contributed by atoms with E-state index in [0.717, 1.165) is 37.6 Å². The van der Waals surface area contributed by atoms with Gasteiger partial charge in [0, 0.05) is 38.6 Å². The average Bonchev–Trinajstić information content (AvgIpc) is 2.75. The zero-order chi connectivity index (χ0) is 20.9. The Morgan fingerprint density at radius 1 is 1.03 bits per heavy atom. The Morgan fingerprint density at radius 2 is 1.87 bits per heavy atom. The van der Waals surface area contributed by atoms with E-state index in [-0.39, 0.29) is 18.3 Å². The third-order valence-electron chi connectivity index (χ3n) is 4.89. The summed E-state index contributed by atoms with van der Waals surface area (Å²) in [6.07, 6.45) is 3.62. The Morgan fingerprint density at radius 3 is 2.57 bits per heavy atom. The van der Waals surface area contributed by atoms with Gasteiger partial charge in [0.05, 0.1) is 6.42 Å². The highest BCUT2D eigenvalue weighted by molar-refractivity contribution is 5.90. The van der Waals surface area contributed by atoms with Crippen LogP contribution in [0.3, 0.4) is 0 Å². The largest absolute Gasteiger partial charge is 0.354 e. The zero-order valence-corrected chi connectivity index (χ0v) is 17.1. The zero-order valence-electron chi connectivity index (χ0n) is 17.1. The summed E-state index contributed by atoms with van der Waals surface area (Å²) in [7, 11) is 2.12. The Bertz CT molecular complexity index is 1000.